The van der Waals surface area contributed by atoms with Crippen LogP contribution in [0.5, 0.6) is 0 Å². The molecule has 4 nitrogen and oxygen atoms in total. The molecule has 0 bridgehead atoms. The van der Waals surface area contributed by atoms with Gasteiger partial charge in [0.15, 0.2) is 0 Å². The number of rotatable bonds is 4. The maximum Gasteiger partial charge on any atom is 0.433 e. The molecule has 1 aromatic rings. The SMILES string of the molecule is O=C(NCC(O)C(F)F)c1ccc(C(F)(F)F)nc1. The number of aromatic nitrogens is 1. The fourth-order valence-electron chi connectivity index (χ4n) is 1.08. The van der Waals surface area contributed by atoms with Crippen LogP contribution < -0.4 is 5.32 Å². The second-order valence-corrected chi connectivity index (χ2v) is 3.54. The van der Waals surface area contributed by atoms with E-state index in [9.17, 15) is 26.7 Å². The van der Waals surface area contributed by atoms with Crippen molar-refractivity contribution in [2.45, 2.75) is 18.7 Å². The van der Waals surface area contributed by atoms with Gasteiger partial charge in [0.1, 0.15) is 11.8 Å². The molecular weight excluding hydrogens is 275 g/mol. The zero-order valence-electron chi connectivity index (χ0n) is 9.29. The molecule has 0 aliphatic heterocycles. The lowest BCUT2D eigenvalue weighted by atomic mass is 10.2. The minimum Gasteiger partial charge on any atom is -0.385 e. The van der Waals surface area contributed by atoms with E-state index < -0.39 is 36.9 Å². The molecule has 0 aliphatic rings. The first-order valence-electron chi connectivity index (χ1n) is 4.99. The van der Waals surface area contributed by atoms with E-state index in [1.807, 2.05) is 5.32 Å². The van der Waals surface area contributed by atoms with Crippen molar-refractivity contribution < 1.29 is 31.9 Å². The molecule has 1 atom stereocenters. The number of alkyl halides is 5. The van der Waals surface area contributed by atoms with Crippen molar-refractivity contribution in [1.82, 2.24) is 10.3 Å². The van der Waals surface area contributed by atoms with Crippen molar-refractivity contribution in [3.05, 3.63) is 29.6 Å². The van der Waals surface area contributed by atoms with Crippen molar-refractivity contribution in [2.75, 3.05) is 6.54 Å². The normalized spacial score (nSPS) is 13.4. The molecule has 1 unspecified atom stereocenters. The number of carbonyl (C=O) groups is 1. The maximum absolute atomic E-state index is 12.2. The summed E-state index contributed by atoms with van der Waals surface area (Å²) < 4.78 is 60.4. The van der Waals surface area contributed by atoms with Crippen LogP contribution in [0.15, 0.2) is 18.3 Å². The minimum atomic E-state index is -4.62. The van der Waals surface area contributed by atoms with Crippen LogP contribution in [0.25, 0.3) is 0 Å². The maximum atomic E-state index is 12.2. The number of halogens is 5. The highest BCUT2D eigenvalue weighted by atomic mass is 19.4. The predicted octanol–water partition coefficient (Wildman–Crippen LogP) is 1.46. The van der Waals surface area contributed by atoms with Gasteiger partial charge in [0.05, 0.1) is 5.56 Å². The Kier molecular flexibility index (Phi) is 4.76. The smallest absolute Gasteiger partial charge is 0.385 e. The zero-order chi connectivity index (χ0) is 14.6. The number of hydrogen-bond acceptors (Lipinski definition) is 3. The van der Waals surface area contributed by atoms with E-state index in [1.54, 1.807) is 0 Å². The van der Waals surface area contributed by atoms with Gasteiger partial charge < -0.3 is 10.4 Å². The second-order valence-electron chi connectivity index (χ2n) is 3.54. The number of amides is 1. The van der Waals surface area contributed by atoms with Crippen LogP contribution in [0, 0.1) is 0 Å². The highest BCUT2D eigenvalue weighted by molar-refractivity contribution is 5.93. The van der Waals surface area contributed by atoms with E-state index in [1.165, 1.54) is 0 Å². The topological polar surface area (TPSA) is 62.2 Å². The molecule has 9 heteroatoms. The van der Waals surface area contributed by atoms with Crippen LogP contribution in [0.1, 0.15) is 16.1 Å². The molecule has 0 saturated heterocycles. The Morgan fingerprint density at radius 1 is 1.37 bits per heavy atom. The number of hydrogen-bond donors (Lipinski definition) is 2. The Labute approximate surface area is 104 Å². The Morgan fingerprint density at radius 3 is 2.42 bits per heavy atom. The lowest BCUT2D eigenvalue weighted by Crippen LogP contribution is -2.35. The first-order chi connectivity index (χ1) is 8.71. The summed E-state index contributed by atoms with van der Waals surface area (Å²) in [5.41, 5.74) is -1.40. The molecule has 0 aliphatic carbocycles. The van der Waals surface area contributed by atoms with Gasteiger partial charge in [-0.05, 0) is 12.1 Å². The summed E-state index contributed by atoms with van der Waals surface area (Å²) in [6, 6.07) is 1.46. The standard InChI is InChI=1S/C10H9F5N2O2/c11-8(12)6(18)4-17-9(19)5-1-2-7(16-3-5)10(13,14)15/h1-3,6,8,18H,4H2,(H,17,19). The van der Waals surface area contributed by atoms with Gasteiger partial charge >= 0.3 is 6.18 Å². The molecule has 0 aromatic carbocycles. The number of pyridine rings is 1. The van der Waals surface area contributed by atoms with Gasteiger partial charge in [-0.3, -0.25) is 9.78 Å². The molecule has 2 N–H and O–H groups in total. The summed E-state index contributed by atoms with van der Waals surface area (Å²) in [6.45, 7) is -0.711. The molecule has 1 heterocycles. The van der Waals surface area contributed by atoms with E-state index >= 15 is 0 Å². The van der Waals surface area contributed by atoms with Crippen LogP contribution in [-0.2, 0) is 6.18 Å². The third-order valence-electron chi connectivity index (χ3n) is 2.08. The van der Waals surface area contributed by atoms with Gasteiger partial charge in [0.2, 0.25) is 0 Å². The van der Waals surface area contributed by atoms with Crippen molar-refractivity contribution in [3.8, 4) is 0 Å². The molecule has 1 rings (SSSR count). The third-order valence-corrected chi connectivity index (χ3v) is 2.08. The predicted molar refractivity (Wildman–Crippen MR) is 53.6 cm³/mol. The van der Waals surface area contributed by atoms with Crippen molar-refractivity contribution in [1.29, 1.82) is 0 Å². The number of nitrogens with zero attached hydrogens (tertiary/aromatic N) is 1. The fourth-order valence-corrected chi connectivity index (χ4v) is 1.08. The van der Waals surface area contributed by atoms with Gasteiger partial charge in [0, 0.05) is 12.7 Å². The summed E-state index contributed by atoms with van der Waals surface area (Å²) in [6.07, 6.45) is -9.01. The van der Waals surface area contributed by atoms with Crippen LogP contribution in [0.4, 0.5) is 22.0 Å². The summed E-state index contributed by atoms with van der Waals surface area (Å²) in [4.78, 5) is 14.4. The van der Waals surface area contributed by atoms with E-state index in [4.69, 9.17) is 5.11 Å². The molecule has 19 heavy (non-hydrogen) atoms. The average Bonchev–Trinajstić information content (AvgIpc) is 2.34. The molecule has 0 fully saturated rings. The first kappa shape index (κ1) is 15.3. The molecule has 0 spiro atoms. The van der Waals surface area contributed by atoms with E-state index in [0.717, 1.165) is 6.07 Å². The van der Waals surface area contributed by atoms with Crippen molar-refractivity contribution in [2.24, 2.45) is 0 Å². The Hall–Kier alpha value is -1.77. The van der Waals surface area contributed by atoms with Crippen LogP contribution >= 0.6 is 0 Å². The fraction of sp³-hybridized carbons (Fsp3) is 0.400. The molecule has 1 aromatic heterocycles. The van der Waals surface area contributed by atoms with E-state index in [-0.39, 0.29) is 5.56 Å². The Morgan fingerprint density at radius 2 is 2.00 bits per heavy atom. The van der Waals surface area contributed by atoms with Crippen molar-refractivity contribution >= 4 is 5.91 Å². The average molecular weight is 284 g/mol. The Balaban J connectivity index is 2.64. The number of carbonyl (C=O) groups excluding carboxylic acids is 1. The summed E-state index contributed by atoms with van der Waals surface area (Å²) >= 11 is 0. The van der Waals surface area contributed by atoms with E-state index in [0.29, 0.717) is 12.3 Å². The first-order valence-corrected chi connectivity index (χ1v) is 4.99. The highest BCUT2D eigenvalue weighted by Crippen LogP contribution is 2.27. The molecule has 1 amide bonds. The lowest BCUT2D eigenvalue weighted by Gasteiger charge is -2.11. The van der Waals surface area contributed by atoms with Crippen LogP contribution in [0.2, 0.25) is 0 Å². The van der Waals surface area contributed by atoms with Crippen LogP contribution in [0.3, 0.4) is 0 Å². The molecule has 0 radical (unpaired) electrons. The molecule has 0 saturated carbocycles. The van der Waals surface area contributed by atoms with Crippen molar-refractivity contribution in [3.63, 3.8) is 0 Å². The quantitative estimate of drug-likeness (QED) is 0.823. The van der Waals surface area contributed by atoms with Gasteiger partial charge in [-0.1, -0.05) is 0 Å². The van der Waals surface area contributed by atoms with Crippen LogP contribution in [-0.4, -0.2) is 35.1 Å². The van der Waals surface area contributed by atoms with E-state index in [2.05, 4.69) is 4.98 Å². The van der Waals surface area contributed by atoms with Gasteiger partial charge in [0.25, 0.3) is 12.3 Å². The lowest BCUT2D eigenvalue weighted by molar-refractivity contribution is -0.141. The van der Waals surface area contributed by atoms with Gasteiger partial charge in [-0.15, -0.1) is 0 Å². The minimum absolute atomic E-state index is 0.227. The van der Waals surface area contributed by atoms with Gasteiger partial charge in [-0.25, -0.2) is 8.78 Å². The second kappa shape index (κ2) is 5.91. The van der Waals surface area contributed by atoms with Gasteiger partial charge in [-0.2, -0.15) is 13.2 Å². The number of aliphatic hydroxyl groups excluding tert-OH is 1. The third kappa shape index (κ3) is 4.43. The monoisotopic (exact) mass is 284 g/mol. The molecular formula is C10H9F5N2O2. The summed E-state index contributed by atoms with van der Waals surface area (Å²) in [7, 11) is 0. The summed E-state index contributed by atoms with van der Waals surface area (Å²) in [5.74, 6) is -0.902. The number of aliphatic hydroxyl groups is 1. The molecule has 106 valence electrons. The Bertz CT molecular complexity index is 433. The highest BCUT2D eigenvalue weighted by Gasteiger charge is 2.32. The zero-order valence-corrected chi connectivity index (χ0v) is 9.29. The largest absolute Gasteiger partial charge is 0.433 e. The summed E-state index contributed by atoms with van der Waals surface area (Å²) in [5, 5.41) is 10.7. The number of nitrogens with one attached hydrogen (secondary N) is 1.